The highest BCUT2D eigenvalue weighted by Gasteiger charge is 2.22. The second-order valence-electron chi connectivity index (χ2n) is 5.39. The molecule has 0 radical (unpaired) electrons. The molecule has 0 saturated carbocycles. The molecule has 0 aromatic heterocycles. The van der Waals surface area contributed by atoms with E-state index < -0.39 is 6.04 Å². The van der Waals surface area contributed by atoms with Crippen molar-refractivity contribution in [2.75, 3.05) is 20.6 Å². The number of nitrogens with zero attached hydrogens (tertiary/aromatic N) is 1. The van der Waals surface area contributed by atoms with Gasteiger partial charge in [0.1, 0.15) is 11.9 Å². The van der Waals surface area contributed by atoms with Crippen LogP contribution < -0.4 is 5.32 Å². The van der Waals surface area contributed by atoms with Crippen molar-refractivity contribution in [2.24, 2.45) is 5.92 Å². The van der Waals surface area contributed by atoms with Crippen molar-refractivity contribution in [2.45, 2.75) is 26.3 Å². The van der Waals surface area contributed by atoms with Crippen LogP contribution in [0.3, 0.4) is 0 Å². The third-order valence-corrected chi connectivity index (χ3v) is 2.95. The highest BCUT2D eigenvalue weighted by Crippen LogP contribution is 2.19. The topological polar surface area (TPSA) is 32.3 Å². The zero-order valence-corrected chi connectivity index (χ0v) is 12.1. The molecule has 0 aliphatic carbocycles. The number of nitrogens with one attached hydrogen (secondary N) is 1. The molecule has 3 nitrogen and oxygen atoms in total. The van der Waals surface area contributed by atoms with Crippen LogP contribution in [-0.2, 0) is 4.79 Å². The molecule has 1 N–H and O–H groups in total. The van der Waals surface area contributed by atoms with Gasteiger partial charge in [-0.2, -0.15) is 0 Å². The lowest BCUT2D eigenvalue weighted by Crippen LogP contribution is -2.37. The van der Waals surface area contributed by atoms with E-state index in [-0.39, 0.29) is 11.7 Å². The van der Waals surface area contributed by atoms with Crippen molar-refractivity contribution in [3.05, 3.63) is 35.6 Å². The van der Waals surface area contributed by atoms with Gasteiger partial charge in [-0.15, -0.1) is 0 Å². The third kappa shape index (κ3) is 4.99. The van der Waals surface area contributed by atoms with Crippen LogP contribution in [0.1, 0.15) is 31.9 Å². The number of hydrogen-bond acceptors (Lipinski definition) is 2. The van der Waals surface area contributed by atoms with E-state index in [0.29, 0.717) is 18.0 Å². The van der Waals surface area contributed by atoms with Crippen LogP contribution in [-0.4, -0.2) is 31.4 Å². The molecule has 19 heavy (non-hydrogen) atoms. The Morgan fingerprint density at radius 1 is 1.37 bits per heavy atom. The highest BCUT2D eigenvalue weighted by molar-refractivity contribution is 5.83. The first-order valence-electron chi connectivity index (χ1n) is 6.61. The van der Waals surface area contributed by atoms with Crippen molar-refractivity contribution in [1.29, 1.82) is 0 Å². The summed E-state index contributed by atoms with van der Waals surface area (Å²) in [6.45, 7) is 4.88. The maximum atomic E-state index is 13.3. The summed E-state index contributed by atoms with van der Waals surface area (Å²) in [6.07, 6.45) is 0.940. The fourth-order valence-corrected chi connectivity index (χ4v) is 1.94. The van der Waals surface area contributed by atoms with Gasteiger partial charge in [0.25, 0.3) is 0 Å². The minimum absolute atomic E-state index is 0.0868. The van der Waals surface area contributed by atoms with Crippen molar-refractivity contribution in [3.63, 3.8) is 0 Å². The smallest absolute Gasteiger partial charge is 0.241 e. The lowest BCUT2D eigenvalue weighted by Gasteiger charge is -2.24. The summed E-state index contributed by atoms with van der Waals surface area (Å²) >= 11 is 0. The number of carbonyl (C=O) groups excluding carboxylic acids is 1. The Balaban J connectivity index is 2.75. The van der Waals surface area contributed by atoms with Gasteiger partial charge < -0.3 is 5.32 Å². The highest BCUT2D eigenvalue weighted by atomic mass is 19.1. The van der Waals surface area contributed by atoms with Crippen LogP contribution >= 0.6 is 0 Å². The van der Waals surface area contributed by atoms with E-state index >= 15 is 0 Å². The quantitative estimate of drug-likeness (QED) is 0.858. The first-order chi connectivity index (χ1) is 8.91. The largest absolute Gasteiger partial charge is 0.354 e. The van der Waals surface area contributed by atoms with E-state index in [1.165, 1.54) is 12.1 Å². The number of benzene rings is 1. The molecule has 1 amide bonds. The Hall–Kier alpha value is -1.42. The van der Waals surface area contributed by atoms with E-state index in [1.54, 1.807) is 17.0 Å². The van der Waals surface area contributed by atoms with Gasteiger partial charge in [0.05, 0.1) is 0 Å². The molecule has 0 bridgehead atoms. The molecule has 0 unspecified atom stereocenters. The summed E-state index contributed by atoms with van der Waals surface area (Å²) in [5.74, 6) is 0.142. The second-order valence-corrected chi connectivity index (χ2v) is 5.39. The van der Waals surface area contributed by atoms with Crippen molar-refractivity contribution in [1.82, 2.24) is 10.2 Å². The average Bonchev–Trinajstić information content (AvgIpc) is 2.28. The predicted octanol–water partition coefficient (Wildman–Crippen LogP) is 2.59. The first-order valence-corrected chi connectivity index (χ1v) is 6.61. The maximum Gasteiger partial charge on any atom is 0.241 e. The molecule has 4 heteroatoms. The van der Waals surface area contributed by atoms with Gasteiger partial charge in [-0.05, 0) is 44.1 Å². The van der Waals surface area contributed by atoms with E-state index in [4.69, 9.17) is 0 Å². The number of rotatable bonds is 6. The normalized spacial score (nSPS) is 12.8. The van der Waals surface area contributed by atoms with E-state index in [0.717, 1.165) is 6.42 Å². The van der Waals surface area contributed by atoms with Gasteiger partial charge in [-0.1, -0.05) is 26.0 Å². The van der Waals surface area contributed by atoms with Crippen molar-refractivity contribution in [3.8, 4) is 0 Å². The van der Waals surface area contributed by atoms with E-state index in [2.05, 4.69) is 19.2 Å². The molecule has 0 fully saturated rings. The first kappa shape index (κ1) is 15.6. The fourth-order valence-electron chi connectivity index (χ4n) is 1.94. The molecule has 1 rings (SSSR count). The summed E-state index contributed by atoms with van der Waals surface area (Å²) in [5, 5.41) is 2.91. The molecule has 1 aromatic carbocycles. The Bertz CT molecular complexity index is 418. The van der Waals surface area contributed by atoms with Crippen LogP contribution in [0, 0.1) is 11.7 Å². The number of amides is 1. The molecule has 106 valence electrons. The zero-order valence-electron chi connectivity index (χ0n) is 12.1. The van der Waals surface area contributed by atoms with Crippen LogP contribution in [0.2, 0.25) is 0 Å². The Labute approximate surface area is 114 Å². The number of hydrogen-bond donors (Lipinski definition) is 1. The lowest BCUT2D eigenvalue weighted by atomic mass is 10.0. The molecule has 1 aromatic rings. The Kier molecular flexibility index (Phi) is 5.96. The molecular formula is C15H23FN2O. The van der Waals surface area contributed by atoms with Gasteiger partial charge in [0.2, 0.25) is 5.91 Å². The Morgan fingerprint density at radius 2 is 2.05 bits per heavy atom. The SMILES string of the molecule is CC(C)CCNC(=O)[C@H](c1cccc(F)c1)N(C)C. The summed E-state index contributed by atoms with van der Waals surface area (Å²) in [6, 6.07) is 5.74. The molecule has 0 aliphatic heterocycles. The summed E-state index contributed by atoms with van der Waals surface area (Å²) < 4.78 is 13.3. The molecular weight excluding hydrogens is 243 g/mol. The van der Waals surface area contributed by atoms with Gasteiger partial charge in [-0.3, -0.25) is 9.69 Å². The van der Waals surface area contributed by atoms with E-state index in [9.17, 15) is 9.18 Å². The van der Waals surface area contributed by atoms with Crippen LogP contribution in [0.5, 0.6) is 0 Å². The predicted molar refractivity (Wildman–Crippen MR) is 75.3 cm³/mol. The fraction of sp³-hybridized carbons (Fsp3) is 0.533. The van der Waals surface area contributed by atoms with Gasteiger partial charge in [0, 0.05) is 6.54 Å². The van der Waals surface area contributed by atoms with Crippen LogP contribution in [0.15, 0.2) is 24.3 Å². The Morgan fingerprint density at radius 3 is 2.58 bits per heavy atom. The zero-order chi connectivity index (χ0) is 14.4. The van der Waals surface area contributed by atoms with E-state index in [1.807, 2.05) is 14.1 Å². The second kappa shape index (κ2) is 7.24. The molecule has 0 saturated heterocycles. The van der Waals surface area contributed by atoms with Gasteiger partial charge in [-0.25, -0.2) is 4.39 Å². The maximum absolute atomic E-state index is 13.3. The van der Waals surface area contributed by atoms with Crippen LogP contribution in [0.4, 0.5) is 4.39 Å². The molecule has 0 aliphatic rings. The van der Waals surface area contributed by atoms with Crippen LogP contribution in [0.25, 0.3) is 0 Å². The molecule has 0 heterocycles. The number of halogens is 1. The molecule has 1 atom stereocenters. The summed E-state index contributed by atoms with van der Waals surface area (Å²) in [7, 11) is 3.63. The van der Waals surface area contributed by atoms with Crippen molar-refractivity contribution >= 4 is 5.91 Å². The lowest BCUT2D eigenvalue weighted by molar-refractivity contribution is -0.125. The molecule has 0 spiro atoms. The van der Waals surface area contributed by atoms with Gasteiger partial charge >= 0.3 is 0 Å². The summed E-state index contributed by atoms with van der Waals surface area (Å²) in [4.78, 5) is 14.0. The third-order valence-electron chi connectivity index (χ3n) is 2.95. The number of likely N-dealkylation sites (N-methyl/N-ethyl adjacent to an activating group) is 1. The van der Waals surface area contributed by atoms with Crippen molar-refractivity contribution < 1.29 is 9.18 Å². The number of carbonyl (C=O) groups is 1. The van der Waals surface area contributed by atoms with Gasteiger partial charge in [0.15, 0.2) is 0 Å². The minimum Gasteiger partial charge on any atom is -0.354 e. The minimum atomic E-state index is -0.456. The average molecular weight is 266 g/mol. The summed E-state index contributed by atoms with van der Waals surface area (Å²) in [5.41, 5.74) is 0.673. The monoisotopic (exact) mass is 266 g/mol. The standard InChI is InChI=1S/C15H23FN2O/c1-11(2)8-9-17-15(19)14(18(3)4)12-6-5-7-13(16)10-12/h5-7,10-11,14H,8-9H2,1-4H3,(H,17,19)/t14-/m0/s1.